The average Bonchev–Trinajstić information content (AvgIpc) is 3.95. The molecule has 0 aromatic carbocycles. The maximum atomic E-state index is 13.2. The molecule has 4 atom stereocenters. The molecule has 0 bridgehead atoms. The summed E-state index contributed by atoms with van der Waals surface area (Å²) in [4.78, 5) is 199. The lowest BCUT2D eigenvalue weighted by atomic mass is 10.1. The second-order valence-electron chi connectivity index (χ2n) is 17.1. The first-order valence-corrected chi connectivity index (χ1v) is 24.4. The lowest BCUT2D eigenvalue weighted by molar-refractivity contribution is -0.139. The second-order valence-corrected chi connectivity index (χ2v) is 17.7. The maximum Gasteiger partial charge on any atom is 0.253 e. The highest BCUT2D eigenvalue weighted by atomic mass is 32.1. The molecule has 75 heavy (non-hydrogen) atoms. The third-order valence-corrected chi connectivity index (χ3v) is 11.5. The smallest absolute Gasteiger partial charge is 0.253 e. The number of unbranched alkanes of at least 4 members (excludes halogenated alkanes) is 1. The van der Waals surface area contributed by atoms with E-state index in [1.165, 1.54) is 13.8 Å². The van der Waals surface area contributed by atoms with Crippen LogP contribution < -0.4 is 53.2 Å². The molecule has 16 amide bonds. The predicted molar refractivity (Wildman–Crippen MR) is 261 cm³/mol. The van der Waals surface area contributed by atoms with Gasteiger partial charge >= 0.3 is 0 Å². The lowest BCUT2D eigenvalue weighted by Gasteiger charge is -2.19. The van der Waals surface area contributed by atoms with Crippen molar-refractivity contribution in [3.8, 4) is 0 Å². The first-order chi connectivity index (χ1) is 35.6. The van der Waals surface area contributed by atoms with Gasteiger partial charge in [-0.1, -0.05) is 0 Å². The zero-order valence-electron chi connectivity index (χ0n) is 41.4. The Morgan fingerprint density at radius 1 is 0.467 bits per heavy atom. The van der Waals surface area contributed by atoms with Crippen LogP contribution in [0.3, 0.4) is 0 Å². The third kappa shape index (κ3) is 22.3. The molecule has 29 nitrogen and oxygen atoms in total. The zero-order chi connectivity index (χ0) is 55.6. The molecule has 3 heterocycles. The number of carbonyl (C=O) groups is 16. The van der Waals surface area contributed by atoms with Crippen molar-refractivity contribution in [3.63, 3.8) is 0 Å². The van der Waals surface area contributed by atoms with Crippen molar-refractivity contribution >= 4 is 107 Å². The molecule has 4 unspecified atom stereocenters. The van der Waals surface area contributed by atoms with E-state index in [-0.39, 0.29) is 97.1 Å². The Balaban J connectivity index is 1.37. The summed E-state index contributed by atoms with van der Waals surface area (Å²) in [5, 5.41) is 23.5. The summed E-state index contributed by atoms with van der Waals surface area (Å²) in [6.07, 6.45) is 4.89. The van der Waals surface area contributed by atoms with Crippen LogP contribution in [0.1, 0.15) is 71.6 Å². The number of hydrogen-bond acceptors (Lipinski definition) is 17. The number of carbonyl (C=O) groups excluding carboxylic acids is 16. The molecule has 10 N–H and O–H groups in total. The van der Waals surface area contributed by atoms with Crippen molar-refractivity contribution in [3.05, 3.63) is 24.3 Å². The fraction of sp³-hybridized carbons (Fsp3) is 0.556. The molecule has 1 fully saturated rings. The van der Waals surface area contributed by atoms with E-state index in [1.54, 1.807) is 0 Å². The molecule has 0 radical (unpaired) electrons. The number of imide groups is 3. The number of amides is 16. The fourth-order valence-corrected chi connectivity index (χ4v) is 7.27. The molecule has 0 saturated carbocycles. The highest BCUT2D eigenvalue weighted by molar-refractivity contribution is 7.81. The SMILES string of the molecule is CC(NC(=O)CCCN1C(=O)C=CC1=O)C(=O)NCC(=O)NCC(=O)NCCCCC(NC(=O)CNC(=O)CNC(=O)C(C)NC(=O)CCCN1C(=O)C=CC1=O)C(=O)NCCC(=O)NCCN1C(=O)CC(S)C1=O. The summed E-state index contributed by atoms with van der Waals surface area (Å²) in [6, 6.07) is -3.31. The Bertz CT molecular complexity index is 2270. The van der Waals surface area contributed by atoms with Crippen LogP contribution in [0.25, 0.3) is 0 Å². The van der Waals surface area contributed by atoms with Crippen molar-refractivity contribution in [2.45, 2.75) is 95.0 Å². The van der Waals surface area contributed by atoms with Gasteiger partial charge in [-0.25, -0.2) is 0 Å². The van der Waals surface area contributed by atoms with E-state index in [1.807, 2.05) is 0 Å². The molecule has 3 aliphatic heterocycles. The first-order valence-electron chi connectivity index (χ1n) is 23.9. The minimum Gasteiger partial charge on any atom is -0.355 e. The van der Waals surface area contributed by atoms with Gasteiger partial charge < -0.3 is 53.2 Å². The molecule has 0 spiro atoms. The third-order valence-electron chi connectivity index (χ3n) is 11.1. The normalized spacial score (nSPS) is 16.0. The standard InChI is InChI=1S/C45H63N13O16S/c1-26(53-31(60)8-5-18-56-37(66)10-11-38(56)67)42(71)51-23-34(63)49-22-33(62)46-15-4-3-7-28(44(73)48-16-14-30(59)47-17-20-58-41(70)21-29(75)45(58)74)55-36(65)25-50-35(64)24-52-43(72)27(2)54-32(61)9-6-19-57-39(68)12-13-40(57)69/h10-13,26-29,75H,3-9,14-25H2,1-2H3,(H,46,62)(H,47,59)(H,48,73)(H,49,63)(H,50,64)(H,51,71)(H,52,72)(H,53,60)(H,54,61)(H,55,65). The molecule has 1 saturated heterocycles. The van der Waals surface area contributed by atoms with E-state index in [4.69, 9.17) is 0 Å². The van der Waals surface area contributed by atoms with Crippen molar-refractivity contribution < 1.29 is 76.7 Å². The van der Waals surface area contributed by atoms with Gasteiger partial charge in [-0.2, -0.15) is 12.6 Å². The van der Waals surface area contributed by atoms with Crippen LogP contribution >= 0.6 is 12.6 Å². The monoisotopic (exact) mass is 1070 g/mol. The highest BCUT2D eigenvalue weighted by Gasteiger charge is 2.36. The number of rotatable bonds is 33. The van der Waals surface area contributed by atoms with Gasteiger partial charge in [0, 0.05) is 89.3 Å². The van der Waals surface area contributed by atoms with E-state index in [2.05, 4.69) is 65.8 Å². The van der Waals surface area contributed by atoms with Gasteiger partial charge in [0.05, 0.1) is 31.4 Å². The van der Waals surface area contributed by atoms with Gasteiger partial charge in [-0.05, 0) is 46.0 Å². The molecular weight excluding hydrogens is 1010 g/mol. The van der Waals surface area contributed by atoms with Crippen molar-refractivity contribution in [2.75, 3.05) is 65.4 Å². The molecule has 0 aromatic rings. The van der Waals surface area contributed by atoms with Crippen LogP contribution in [0.15, 0.2) is 24.3 Å². The van der Waals surface area contributed by atoms with Crippen molar-refractivity contribution in [1.82, 2.24) is 67.9 Å². The van der Waals surface area contributed by atoms with E-state index in [0.717, 1.165) is 39.0 Å². The Labute approximate surface area is 435 Å². The summed E-state index contributed by atoms with van der Waals surface area (Å²) in [5.74, 6) is -9.45. The summed E-state index contributed by atoms with van der Waals surface area (Å²) in [5.41, 5.74) is 0. The van der Waals surface area contributed by atoms with Crippen LogP contribution in [-0.4, -0.2) is 198 Å². The van der Waals surface area contributed by atoms with Crippen LogP contribution in [-0.2, 0) is 76.7 Å². The van der Waals surface area contributed by atoms with Crippen LogP contribution in [0.4, 0.5) is 0 Å². The van der Waals surface area contributed by atoms with Gasteiger partial charge in [-0.3, -0.25) is 91.4 Å². The van der Waals surface area contributed by atoms with Crippen molar-refractivity contribution in [1.29, 1.82) is 0 Å². The van der Waals surface area contributed by atoms with Crippen LogP contribution in [0.5, 0.6) is 0 Å². The number of nitrogens with zero attached hydrogens (tertiary/aromatic N) is 3. The largest absolute Gasteiger partial charge is 0.355 e. The molecule has 3 rings (SSSR count). The van der Waals surface area contributed by atoms with Gasteiger partial charge in [-0.15, -0.1) is 0 Å². The topological polar surface area (TPSA) is 403 Å². The molecule has 0 aliphatic carbocycles. The highest BCUT2D eigenvalue weighted by Crippen LogP contribution is 2.17. The molecule has 410 valence electrons. The van der Waals surface area contributed by atoms with E-state index >= 15 is 0 Å². The van der Waals surface area contributed by atoms with E-state index < -0.39 is 144 Å². The predicted octanol–water partition coefficient (Wildman–Crippen LogP) is -6.68. The molecule has 30 heteroatoms. The molecule has 3 aliphatic rings. The molecular formula is C45H63N13O16S. The number of thiol groups is 1. The fourth-order valence-electron chi connectivity index (χ4n) is 6.98. The Morgan fingerprint density at radius 2 is 0.920 bits per heavy atom. The van der Waals surface area contributed by atoms with E-state index in [9.17, 15) is 76.7 Å². The minimum atomic E-state index is -1.20. The Kier molecular flexibility index (Phi) is 25.7. The maximum absolute atomic E-state index is 13.2. The molecule has 0 aromatic heterocycles. The summed E-state index contributed by atoms with van der Waals surface area (Å²) in [7, 11) is 0. The van der Waals surface area contributed by atoms with Gasteiger partial charge in [0.1, 0.15) is 18.1 Å². The van der Waals surface area contributed by atoms with Gasteiger partial charge in [0.25, 0.3) is 23.6 Å². The minimum absolute atomic E-state index is 0.00874. The number of nitrogens with one attached hydrogen (secondary N) is 10. The second kappa shape index (κ2) is 31.5. The Hall–Kier alpha value is -8.05. The summed E-state index contributed by atoms with van der Waals surface area (Å²) < 4.78 is 0. The zero-order valence-corrected chi connectivity index (χ0v) is 42.3. The van der Waals surface area contributed by atoms with Crippen LogP contribution in [0.2, 0.25) is 0 Å². The first kappa shape index (κ1) is 61.3. The summed E-state index contributed by atoms with van der Waals surface area (Å²) >= 11 is 4.05. The number of hydrogen-bond donors (Lipinski definition) is 11. The summed E-state index contributed by atoms with van der Waals surface area (Å²) in [6.45, 7) is 0.365. The van der Waals surface area contributed by atoms with Gasteiger partial charge in [0.15, 0.2) is 0 Å². The number of likely N-dealkylation sites (tertiary alicyclic amines) is 1. The average molecular weight is 1070 g/mol. The quantitative estimate of drug-likeness (QED) is 0.0165. The Morgan fingerprint density at radius 3 is 1.40 bits per heavy atom. The van der Waals surface area contributed by atoms with Crippen LogP contribution in [0, 0.1) is 0 Å². The van der Waals surface area contributed by atoms with Gasteiger partial charge in [0.2, 0.25) is 70.9 Å². The van der Waals surface area contributed by atoms with Crippen molar-refractivity contribution in [2.24, 2.45) is 0 Å². The lowest BCUT2D eigenvalue weighted by Crippen LogP contribution is -2.51. The van der Waals surface area contributed by atoms with E-state index in [0.29, 0.717) is 0 Å².